The summed E-state index contributed by atoms with van der Waals surface area (Å²) in [7, 11) is 0. The van der Waals surface area contributed by atoms with E-state index < -0.39 is 0 Å². The lowest BCUT2D eigenvalue weighted by Gasteiger charge is -2.06. The minimum atomic E-state index is 0.00513. The number of rotatable bonds is 5. The number of aromatic nitrogens is 1. The summed E-state index contributed by atoms with van der Waals surface area (Å²) >= 11 is 0. The maximum Gasteiger partial charge on any atom is 0.219 e. The second kappa shape index (κ2) is 6.00. The van der Waals surface area contributed by atoms with Crippen molar-refractivity contribution in [2.24, 2.45) is 5.73 Å². The second-order valence-electron chi connectivity index (χ2n) is 4.29. The van der Waals surface area contributed by atoms with Crippen LogP contribution >= 0.6 is 0 Å². The van der Waals surface area contributed by atoms with Gasteiger partial charge in [-0.15, -0.1) is 0 Å². The summed E-state index contributed by atoms with van der Waals surface area (Å²) in [4.78, 5) is 4.10. The Bertz CT molecular complexity index is 564. The van der Waals surface area contributed by atoms with Crippen molar-refractivity contribution in [3.05, 3.63) is 53.7 Å². The van der Waals surface area contributed by atoms with Crippen LogP contribution in [0.4, 0.5) is 0 Å². The zero-order chi connectivity index (χ0) is 13.7. The molecule has 1 aromatic carbocycles. The number of pyridine rings is 1. The van der Waals surface area contributed by atoms with Crippen LogP contribution < -0.4 is 10.5 Å². The van der Waals surface area contributed by atoms with Crippen molar-refractivity contribution < 1.29 is 4.74 Å². The van der Waals surface area contributed by atoms with Crippen LogP contribution in [0.2, 0.25) is 0 Å². The van der Waals surface area contributed by atoms with Crippen LogP contribution in [0.1, 0.15) is 24.5 Å². The number of nitrogens with zero attached hydrogens (tertiary/aromatic N) is 1. The van der Waals surface area contributed by atoms with Crippen LogP contribution in [0.25, 0.3) is 0 Å². The largest absolute Gasteiger partial charge is 0.439 e. The fourth-order valence-corrected chi connectivity index (χ4v) is 1.77. The molecule has 0 spiro atoms. The number of hydrogen-bond donors (Lipinski definition) is 2. The van der Waals surface area contributed by atoms with Crippen molar-refractivity contribution in [3.8, 4) is 11.6 Å². The Balaban J connectivity index is 2.12. The molecule has 1 heterocycles. The molecule has 0 amide bonds. The van der Waals surface area contributed by atoms with Crippen molar-refractivity contribution in [2.75, 3.05) is 0 Å². The average Bonchev–Trinajstić information content (AvgIpc) is 2.42. The van der Waals surface area contributed by atoms with Crippen LogP contribution in [0, 0.1) is 5.41 Å². The Morgan fingerprint density at radius 2 is 2.00 bits per heavy atom. The first kappa shape index (κ1) is 13.1. The number of nitrogen functional groups attached to an aromatic ring is 1. The van der Waals surface area contributed by atoms with Crippen molar-refractivity contribution in [1.29, 1.82) is 5.41 Å². The molecule has 0 unspecified atom stereocenters. The summed E-state index contributed by atoms with van der Waals surface area (Å²) in [5, 5.41) is 7.38. The lowest BCUT2D eigenvalue weighted by molar-refractivity contribution is 0.462. The maximum atomic E-state index is 7.38. The van der Waals surface area contributed by atoms with E-state index in [0.29, 0.717) is 11.4 Å². The molecular weight excluding hydrogens is 238 g/mol. The maximum absolute atomic E-state index is 7.38. The lowest BCUT2D eigenvalue weighted by Crippen LogP contribution is -2.11. The quantitative estimate of drug-likeness (QED) is 0.637. The Labute approximate surface area is 112 Å². The number of nitrogens with one attached hydrogen (secondary N) is 1. The molecule has 0 fully saturated rings. The van der Waals surface area contributed by atoms with E-state index in [1.807, 2.05) is 24.3 Å². The molecule has 2 rings (SSSR count). The number of nitrogens with two attached hydrogens (primary N) is 1. The van der Waals surface area contributed by atoms with Gasteiger partial charge < -0.3 is 10.5 Å². The van der Waals surface area contributed by atoms with Gasteiger partial charge in [-0.05, 0) is 30.2 Å². The minimum absolute atomic E-state index is 0.00513. The van der Waals surface area contributed by atoms with Gasteiger partial charge in [-0.1, -0.05) is 25.5 Å². The second-order valence-corrected chi connectivity index (χ2v) is 4.29. The van der Waals surface area contributed by atoms with E-state index in [9.17, 15) is 0 Å². The van der Waals surface area contributed by atoms with Gasteiger partial charge in [-0.2, -0.15) is 0 Å². The first-order chi connectivity index (χ1) is 9.19. The van der Waals surface area contributed by atoms with Gasteiger partial charge >= 0.3 is 0 Å². The standard InChI is InChI=1S/C15H17N3O/c1-2-3-11-4-6-13(7-5-11)19-14-10-12(15(16)17)8-9-18-14/h4-10H,2-3H2,1H3,(H3,16,17). The third-order valence-corrected chi connectivity index (χ3v) is 2.73. The molecular formula is C15H17N3O. The van der Waals surface area contributed by atoms with E-state index >= 15 is 0 Å². The first-order valence-corrected chi connectivity index (χ1v) is 6.26. The third kappa shape index (κ3) is 3.55. The molecule has 4 heteroatoms. The Hall–Kier alpha value is -2.36. The molecule has 98 valence electrons. The molecule has 0 saturated heterocycles. The molecule has 0 saturated carbocycles. The monoisotopic (exact) mass is 255 g/mol. The molecule has 1 aromatic heterocycles. The lowest BCUT2D eigenvalue weighted by atomic mass is 10.1. The topological polar surface area (TPSA) is 72.0 Å². The van der Waals surface area contributed by atoms with E-state index in [1.54, 1.807) is 18.3 Å². The zero-order valence-corrected chi connectivity index (χ0v) is 10.9. The van der Waals surface area contributed by atoms with Crippen molar-refractivity contribution in [1.82, 2.24) is 4.98 Å². The molecule has 0 aliphatic rings. The minimum Gasteiger partial charge on any atom is -0.439 e. The van der Waals surface area contributed by atoms with Gasteiger partial charge in [0.15, 0.2) is 0 Å². The SMILES string of the molecule is CCCc1ccc(Oc2cc(C(=N)N)ccn2)cc1. The van der Waals surface area contributed by atoms with Gasteiger partial charge in [0.25, 0.3) is 0 Å². The molecule has 0 bridgehead atoms. The first-order valence-electron chi connectivity index (χ1n) is 6.26. The van der Waals surface area contributed by atoms with E-state index in [-0.39, 0.29) is 5.84 Å². The number of benzene rings is 1. The van der Waals surface area contributed by atoms with Crippen molar-refractivity contribution in [3.63, 3.8) is 0 Å². The van der Waals surface area contributed by atoms with E-state index in [2.05, 4.69) is 11.9 Å². The normalized spacial score (nSPS) is 10.2. The van der Waals surface area contributed by atoms with Gasteiger partial charge in [0.05, 0.1) is 0 Å². The summed E-state index contributed by atoms with van der Waals surface area (Å²) in [5.41, 5.74) is 7.33. The van der Waals surface area contributed by atoms with Crippen molar-refractivity contribution >= 4 is 5.84 Å². The van der Waals surface area contributed by atoms with Crippen LogP contribution in [0.3, 0.4) is 0 Å². The molecule has 0 radical (unpaired) electrons. The average molecular weight is 255 g/mol. The molecule has 19 heavy (non-hydrogen) atoms. The van der Waals surface area contributed by atoms with Crippen LogP contribution in [0.15, 0.2) is 42.6 Å². The highest BCUT2D eigenvalue weighted by Crippen LogP contribution is 2.20. The number of hydrogen-bond acceptors (Lipinski definition) is 3. The number of aryl methyl sites for hydroxylation is 1. The van der Waals surface area contributed by atoms with Crippen molar-refractivity contribution in [2.45, 2.75) is 19.8 Å². The molecule has 0 atom stereocenters. The number of ether oxygens (including phenoxy) is 1. The highest BCUT2D eigenvalue weighted by atomic mass is 16.5. The highest BCUT2D eigenvalue weighted by Gasteiger charge is 2.02. The highest BCUT2D eigenvalue weighted by molar-refractivity contribution is 5.95. The Kier molecular flexibility index (Phi) is 4.13. The smallest absolute Gasteiger partial charge is 0.219 e. The number of amidine groups is 1. The van der Waals surface area contributed by atoms with Crippen LogP contribution in [-0.2, 0) is 6.42 Å². The van der Waals surface area contributed by atoms with Gasteiger partial charge in [-0.3, -0.25) is 5.41 Å². The predicted molar refractivity (Wildman–Crippen MR) is 75.8 cm³/mol. The third-order valence-electron chi connectivity index (χ3n) is 2.73. The Morgan fingerprint density at radius 3 is 2.63 bits per heavy atom. The summed E-state index contributed by atoms with van der Waals surface area (Å²) in [5.74, 6) is 1.18. The van der Waals surface area contributed by atoms with E-state index in [0.717, 1.165) is 18.6 Å². The zero-order valence-electron chi connectivity index (χ0n) is 10.9. The van der Waals surface area contributed by atoms with E-state index in [1.165, 1.54) is 5.56 Å². The molecule has 4 nitrogen and oxygen atoms in total. The fraction of sp³-hybridized carbons (Fsp3) is 0.200. The summed E-state index contributed by atoms with van der Waals surface area (Å²) in [6.45, 7) is 2.15. The van der Waals surface area contributed by atoms with Gasteiger partial charge in [0.2, 0.25) is 5.88 Å². The molecule has 0 aliphatic carbocycles. The van der Waals surface area contributed by atoms with Gasteiger partial charge in [0.1, 0.15) is 11.6 Å². The van der Waals surface area contributed by atoms with Crippen LogP contribution in [0.5, 0.6) is 11.6 Å². The summed E-state index contributed by atoms with van der Waals surface area (Å²) in [6.07, 6.45) is 3.78. The van der Waals surface area contributed by atoms with Crippen LogP contribution in [-0.4, -0.2) is 10.8 Å². The predicted octanol–water partition coefficient (Wildman–Crippen LogP) is 3.11. The van der Waals surface area contributed by atoms with Gasteiger partial charge in [-0.25, -0.2) is 4.98 Å². The molecule has 3 N–H and O–H groups in total. The molecule has 2 aromatic rings. The molecule has 0 aliphatic heterocycles. The fourth-order valence-electron chi connectivity index (χ4n) is 1.77. The van der Waals surface area contributed by atoms with Gasteiger partial charge in [0, 0.05) is 17.8 Å². The Morgan fingerprint density at radius 1 is 1.26 bits per heavy atom. The summed E-state index contributed by atoms with van der Waals surface area (Å²) < 4.78 is 5.64. The summed E-state index contributed by atoms with van der Waals surface area (Å²) in [6, 6.07) is 11.3. The van der Waals surface area contributed by atoms with E-state index in [4.69, 9.17) is 15.9 Å².